The summed E-state index contributed by atoms with van der Waals surface area (Å²) in [7, 11) is 0. The van der Waals surface area contributed by atoms with Crippen LogP contribution in [0.15, 0.2) is 0 Å². The van der Waals surface area contributed by atoms with Crippen LogP contribution < -0.4 is 5.73 Å². The molecular weight excluding hydrogens is 180 g/mol. The van der Waals surface area contributed by atoms with Crippen molar-refractivity contribution >= 4 is 17.2 Å². The highest BCUT2D eigenvalue weighted by Crippen LogP contribution is 2.31. The molecule has 0 bridgehead atoms. The number of rotatable bonds is 2. The van der Waals surface area contributed by atoms with Gasteiger partial charge in [0.25, 0.3) is 0 Å². The summed E-state index contributed by atoms with van der Waals surface area (Å²) in [6.45, 7) is 8.93. The summed E-state index contributed by atoms with van der Waals surface area (Å²) in [6.07, 6.45) is 2.22. The maximum absolute atomic E-state index is 5.74. The summed E-state index contributed by atoms with van der Waals surface area (Å²) in [4.78, 5) is 3.18. The maximum atomic E-state index is 5.74. The molecule has 0 atom stereocenters. The molecule has 0 amide bonds. The molecule has 0 unspecified atom stereocenters. The first kappa shape index (κ1) is 10.9. The van der Waals surface area contributed by atoms with E-state index in [1.165, 1.54) is 0 Å². The smallest absolute Gasteiger partial charge is 0.0788 e. The van der Waals surface area contributed by atoms with Crippen molar-refractivity contribution in [1.29, 1.82) is 0 Å². The van der Waals surface area contributed by atoms with Crippen LogP contribution in [0.4, 0.5) is 0 Å². The molecule has 1 aliphatic rings. The average molecular weight is 200 g/mol. The molecule has 0 aromatic rings. The van der Waals surface area contributed by atoms with Crippen LogP contribution >= 0.6 is 12.2 Å². The van der Waals surface area contributed by atoms with E-state index in [-0.39, 0.29) is 5.41 Å². The molecular formula is C10H20N2S. The second-order valence-electron chi connectivity index (χ2n) is 4.55. The third-order valence-corrected chi connectivity index (χ3v) is 3.72. The van der Waals surface area contributed by atoms with Gasteiger partial charge in [0, 0.05) is 11.5 Å². The van der Waals surface area contributed by atoms with Crippen LogP contribution in [0.25, 0.3) is 0 Å². The van der Waals surface area contributed by atoms with E-state index < -0.39 is 0 Å². The van der Waals surface area contributed by atoms with Crippen molar-refractivity contribution in [2.45, 2.75) is 39.7 Å². The minimum atomic E-state index is 0.112. The topological polar surface area (TPSA) is 29.3 Å². The fraction of sp³-hybridized carbons (Fsp3) is 0.900. The van der Waals surface area contributed by atoms with Gasteiger partial charge in [0.05, 0.1) is 4.99 Å². The summed E-state index contributed by atoms with van der Waals surface area (Å²) in [5.74, 6) is 0. The molecule has 0 radical (unpaired) electrons. The van der Waals surface area contributed by atoms with Crippen LogP contribution in [0.3, 0.4) is 0 Å². The van der Waals surface area contributed by atoms with E-state index in [0.717, 1.165) is 25.9 Å². The lowest BCUT2D eigenvalue weighted by Crippen LogP contribution is -2.46. The van der Waals surface area contributed by atoms with Crippen molar-refractivity contribution in [2.24, 2.45) is 11.1 Å². The molecule has 1 fully saturated rings. The fourth-order valence-corrected chi connectivity index (χ4v) is 1.98. The van der Waals surface area contributed by atoms with E-state index in [0.29, 0.717) is 11.0 Å². The second-order valence-corrected chi connectivity index (χ2v) is 4.99. The van der Waals surface area contributed by atoms with Crippen molar-refractivity contribution in [2.75, 3.05) is 13.1 Å². The number of hydrogen-bond donors (Lipinski definition) is 1. The van der Waals surface area contributed by atoms with Gasteiger partial charge in [-0.15, -0.1) is 0 Å². The first-order valence-corrected chi connectivity index (χ1v) is 5.40. The number of piperidine rings is 1. The van der Waals surface area contributed by atoms with Gasteiger partial charge in [-0.3, -0.25) is 0 Å². The Labute approximate surface area is 86.5 Å². The summed E-state index contributed by atoms with van der Waals surface area (Å²) in [5, 5.41) is 0. The Morgan fingerprint density at radius 1 is 1.38 bits per heavy atom. The van der Waals surface area contributed by atoms with Gasteiger partial charge in [0.15, 0.2) is 0 Å². The molecule has 2 N–H and O–H groups in total. The monoisotopic (exact) mass is 200 g/mol. The van der Waals surface area contributed by atoms with E-state index in [2.05, 4.69) is 25.7 Å². The van der Waals surface area contributed by atoms with Crippen molar-refractivity contribution in [1.82, 2.24) is 4.90 Å². The molecule has 0 aromatic carbocycles. The number of hydrogen-bond acceptors (Lipinski definition) is 2. The van der Waals surface area contributed by atoms with E-state index in [1.807, 2.05) is 0 Å². The van der Waals surface area contributed by atoms with Gasteiger partial charge in [-0.2, -0.15) is 0 Å². The van der Waals surface area contributed by atoms with Crippen molar-refractivity contribution in [3.63, 3.8) is 0 Å². The molecule has 1 saturated heterocycles. The molecule has 0 aliphatic carbocycles. The summed E-state index contributed by atoms with van der Waals surface area (Å²) in [5.41, 5.74) is 5.85. The Morgan fingerprint density at radius 2 is 1.85 bits per heavy atom. The lowest BCUT2D eigenvalue weighted by atomic mass is 9.80. The zero-order valence-corrected chi connectivity index (χ0v) is 9.66. The SMILES string of the molecule is CC(C)N1CCC(C)(C(N)=S)CC1. The van der Waals surface area contributed by atoms with Gasteiger partial charge in [-0.25, -0.2) is 0 Å². The summed E-state index contributed by atoms with van der Waals surface area (Å²) < 4.78 is 0. The highest BCUT2D eigenvalue weighted by molar-refractivity contribution is 7.80. The van der Waals surface area contributed by atoms with E-state index >= 15 is 0 Å². The van der Waals surface area contributed by atoms with Crippen LogP contribution in [0.5, 0.6) is 0 Å². The van der Waals surface area contributed by atoms with Crippen molar-refractivity contribution in [3.8, 4) is 0 Å². The molecule has 76 valence electrons. The zero-order valence-electron chi connectivity index (χ0n) is 8.84. The molecule has 3 heteroatoms. The predicted molar refractivity (Wildman–Crippen MR) is 60.8 cm³/mol. The fourth-order valence-electron chi connectivity index (χ4n) is 1.78. The highest BCUT2D eigenvalue weighted by atomic mass is 32.1. The van der Waals surface area contributed by atoms with Crippen LogP contribution in [0.1, 0.15) is 33.6 Å². The molecule has 0 aromatic heterocycles. The Kier molecular flexibility index (Phi) is 3.30. The Bertz CT molecular complexity index is 193. The first-order chi connectivity index (χ1) is 5.96. The lowest BCUT2D eigenvalue weighted by Gasteiger charge is -2.40. The van der Waals surface area contributed by atoms with Gasteiger partial charge in [-0.1, -0.05) is 19.1 Å². The minimum absolute atomic E-state index is 0.112. The lowest BCUT2D eigenvalue weighted by molar-refractivity contribution is 0.133. The predicted octanol–water partition coefficient (Wildman–Crippen LogP) is 1.78. The Balaban J connectivity index is 2.51. The minimum Gasteiger partial charge on any atom is -0.393 e. The first-order valence-electron chi connectivity index (χ1n) is 5.00. The molecule has 2 nitrogen and oxygen atoms in total. The zero-order chi connectivity index (χ0) is 10.1. The largest absolute Gasteiger partial charge is 0.393 e. The highest BCUT2D eigenvalue weighted by Gasteiger charge is 2.32. The number of nitrogens with two attached hydrogens (primary N) is 1. The Morgan fingerprint density at radius 3 is 2.15 bits per heavy atom. The van der Waals surface area contributed by atoms with Crippen molar-refractivity contribution in [3.05, 3.63) is 0 Å². The third kappa shape index (κ3) is 2.41. The normalized spacial score (nSPS) is 23.4. The third-order valence-electron chi connectivity index (χ3n) is 3.23. The van der Waals surface area contributed by atoms with Crippen LogP contribution in [-0.2, 0) is 0 Å². The van der Waals surface area contributed by atoms with Crippen LogP contribution in [0, 0.1) is 5.41 Å². The molecule has 0 spiro atoms. The summed E-state index contributed by atoms with van der Waals surface area (Å²) >= 11 is 5.09. The number of thiocarbonyl (C=S) groups is 1. The van der Waals surface area contributed by atoms with E-state index in [9.17, 15) is 0 Å². The molecule has 0 saturated carbocycles. The van der Waals surface area contributed by atoms with E-state index in [1.54, 1.807) is 0 Å². The molecule has 1 rings (SSSR count). The summed E-state index contributed by atoms with van der Waals surface area (Å²) in [6, 6.07) is 0.649. The van der Waals surface area contributed by atoms with Crippen LogP contribution in [0.2, 0.25) is 0 Å². The quantitative estimate of drug-likeness (QED) is 0.689. The van der Waals surface area contributed by atoms with Gasteiger partial charge in [0.2, 0.25) is 0 Å². The van der Waals surface area contributed by atoms with Gasteiger partial charge in [-0.05, 0) is 39.8 Å². The van der Waals surface area contributed by atoms with Crippen molar-refractivity contribution < 1.29 is 0 Å². The Hall–Kier alpha value is -0.150. The molecule has 13 heavy (non-hydrogen) atoms. The average Bonchev–Trinajstić information content (AvgIpc) is 2.04. The van der Waals surface area contributed by atoms with Gasteiger partial charge < -0.3 is 10.6 Å². The van der Waals surface area contributed by atoms with Gasteiger partial charge in [0.1, 0.15) is 0 Å². The number of likely N-dealkylation sites (tertiary alicyclic amines) is 1. The molecule has 1 heterocycles. The van der Waals surface area contributed by atoms with E-state index in [4.69, 9.17) is 18.0 Å². The van der Waals surface area contributed by atoms with Gasteiger partial charge >= 0.3 is 0 Å². The molecule has 1 aliphatic heterocycles. The number of nitrogens with zero attached hydrogens (tertiary/aromatic N) is 1. The second kappa shape index (κ2) is 3.93. The van der Waals surface area contributed by atoms with Crippen LogP contribution in [-0.4, -0.2) is 29.0 Å². The maximum Gasteiger partial charge on any atom is 0.0788 e. The standard InChI is InChI=1S/C10H20N2S/c1-8(2)12-6-4-10(3,5-7-12)9(11)13/h8H,4-7H2,1-3H3,(H2,11,13).